The molecule has 0 aliphatic heterocycles. The first-order valence-electron chi connectivity index (χ1n) is 4.55. The lowest BCUT2D eigenvalue weighted by Crippen LogP contribution is -2.07. The number of nitrogens with zero attached hydrogens (tertiary/aromatic N) is 2. The molecule has 1 aromatic heterocycles. The molecular formula is C9H12N2O4S. The van der Waals surface area contributed by atoms with Gasteiger partial charge in [0, 0.05) is 18.9 Å². The molecule has 0 fully saturated rings. The molecule has 1 rings (SSSR count). The maximum Gasteiger partial charge on any atom is 0.303 e. The van der Waals surface area contributed by atoms with Crippen molar-refractivity contribution in [2.45, 2.75) is 24.7 Å². The molecule has 0 aromatic carbocycles. The highest BCUT2D eigenvalue weighted by Gasteiger charge is 2.13. The summed E-state index contributed by atoms with van der Waals surface area (Å²) >= 11 is 0. The Morgan fingerprint density at radius 1 is 1.50 bits per heavy atom. The summed E-state index contributed by atoms with van der Waals surface area (Å²) in [5, 5.41) is 8.48. The third-order valence-electron chi connectivity index (χ3n) is 1.95. The number of carboxylic acid groups (broad SMARTS) is 1. The molecule has 0 unspecified atom stereocenters. The minimum absolute atomic E-state index is 0.0718. The number of hydrogen-bond acceptors (Lipinski definition) is 5. The van der Waals surface area contributed by atoms with Crippen molar-refractivity contribution in [2.75, 3.05) is 6.26 Å². The summed E-state index contributed by atoms with van der Waals surface area (Å²) in [6, 6.07) is 0. The number of aliphatic carboxylic acids is 1. The molecule has 7 heteroatoms. The molecule has 0 saturated heterocycles. The summed E-state index contributed by atoms with van der Waals surface area (Å²) in [5.74, 6) is -0.597. The summed E-state index contributed by atoms with van der Waals surface area (Å²) in [5.41, 5.74) is 0.345. The van der Waals surface area contributed by atoms with Gasteiger partial charge in [0.15, 0.2) is 9.84 Å². The van der Waals surface area contributed by atoms with E-state index in [0.29, 0.717) is 11.5 Å². The number of sulfone groups is 1. The van der Waals surface area contributed by atoms with Crippen LogP contribution in [0.5, 0.6) is 0 Å². The van der Waals surface area contributed by atoms with Crippen molar-refractivity contribution in [3.8, 4) is 0 Å². The molecule has 88 valence electrons. The molecule has 1 aromatic rings. The van der Waals surface area contributed by atoms with Gasteiger partial charge in [-0.1, -0.05) is 0 Å². The van der Waals surface area contributed by atoms with Crippen molar-refractivity contribution in [1.82, 2.24) is 9.97 Å². The van der Waals surface area contributed by atoms with Crippen molar-refractivity contribution in [1.29, 1.82) is 0 Å². The van der Waals surface area contributed by atoms with Crippen LogP contribution in [0, 0.1) is 6.92 Å². The zero-order chi connectivity index (χ0) is 12.3. The molecule has 0 atom stereocenters. The maximum atomic E-state index is 11.3. The first kappa shape index (κ1) is 12.6. The number of hydrogen-bond donors (Lipinski definition) is 1. The van der Waals surface area contributed by atoms with E-state index in [-0.39, 0.29) is 17.7 Å². The van der Waals surface area contributed by atoms with Crippen molar-refractivity contribution >= 4 is 15.8 Å². The summed E-state index contributed by atoms with van der Waals surface area (Å²) in [6.07, 6.45) is 2.42. The highest BCUT2D eigenvalue weighted by Crippen LogP contribution is 2.11. The van der Waals surface area contributed by atoms with Crippen LogP contribution < -0.4 is 0 Å². The topological polar surface area (TPSA) is 97.2 Å². The van der Waals surface area contributed by atoms with Crippen molar-refractivity contribution < 1.29 is 18.3 Å². The number of rotatable bonds is 4. The van der Waals surface area contributed by atoms with Crippen molar-refractivity contribution in [2.24, 2.45) is 0 Å². The van der Waals surface area contributed by atoms with Crippen LogP contribution in [-0.4, -0.2) is 35.7 Å². The van der Waals surface area contributed by atoms with Gasteiger partial charge in [-0.2, -0.15) is 0 Å². The summed E-state index contributed by atoms with van der Waals surface area (Å²) in [6.45, 7) is 1.56. The van der Waals surface area contributed by atoms with Crippen LogP contribution in [0.2, 0.25) is 0 Å². The van der Waals surface area contributed by atoms with Crippen LogP contribution in [0.3, 0.4) is 0 Å². The Morgan fingerprint density at radius 3 is 2.56 bits per heavy atom. The van der Waals surface area contributed by atoms with Gasteiger partial charge in [-0.05, 0) is 6.92 Å². The van der Waals surface area contributed by atoms with Gasteiger partial charge < -0.3 is 5.11 Å². The quantitative estimate of drug-likeness (QED) is 0.812. The monoisotopic (exact) mass is 244 g/mol. The first-order chi connectivity index (χ1) is 7.30. The highest BCUT2D eigenvalue weighted by molar-refractivity contribution is 7.90. The summed E-state index contributed by atoms with van der Waals surface area (Å²) in [4.78, 5) is 18.2. The van der Waals surface area contributed by atoms with E-state index < -0.39 is 15.8 Å². The zero-order valence-corrected chi connectivity index (χ0v) is 9.78. The third-order valence-corrected chi connectivity index (χ3v) is 3.15. The molecule has 16 heavy (non-hydrogen) atoms. The van der Waals surface area contributed by atoms with Gasteiger partial charge in [0.1, 0.15) is 10.7 Å². The molecule has 0 radical (unpaired) electrons. The number of carbonyl (C=O) groups is 1. The lowest BCUT2D eigenvalue weighted by atomic mass is 10.3. The summed E-state index contributed by atoms with van der Waals surface area (Å²) in [7, 11) is -3.32. The van der Waals surface area contributed by atoms with Gasteiger partial charge in [-0.25, -0.2) is 18.4 Å². The lowest BCUT2D eigenvalue weighted by molar-refractivity contribution is -0.137. The number of carboxylic acids is 1. The second-order valence-corrected chi connectivity index (χ2v) is 5.39. The lowest BCUT2D eigenvalue weighted by Gasteiger charge is -2.04. The highest BCUT2D eigenvalue weighted by atomic mass is 32.2. The van der Waals surface area contributed by atoms with Gasteiger partial charge in [0.25, 0.3) is 0 Å². The Labute approximate surface area is 93.3 Å². The fourth-order valence-corrected chi connectivity index (χ4v) is 2.03. The number of aryl methyl sites for hydroxylation is 2. The minimum Gasteiger partial charge on any atom is -0.481 e. The van der Waals surface area contributed by atoms with Crippen molar-refractivity contribution in [3.63, 3.8) is 0 Å². The Hall–Kier alpha value is -1.50. The third kappa shape index (κ3) is 3.27. The van der Waals surface area contributed by atoms with Gasteiger partial charge in [0.05, 0.1) is 12.1 Å². The van der Waals surface area contributed by atoms with E-state index in [1.54, 1.807) is 6.92 Å². The van der Waals surface area contributed by atoms with Gasteiger partial charge in [-0.15, -0.1) is 0 Å². The van der Waals surface area contributed by atoms with E-state index in [2.05, 4.69) is 9.97 Å². The predicted molar refractivity (Wildman–Crippen MR) is 55.8 cm³/mol. The van der Waals surface area contributed by atoms with E-state index in [0.717, 1.165) is 6.26 Å². The largest absolute Gasteiger partial charge is 0.481 e. The van der Waals surface area contributed by atoms with Crippen LogP contribution in [0.4, 0.5) is 0 Å². The Balaban J connectivity index is 2.96. The SMILES string of the molecule is Cc1nc(CCC(=O)O)ncc1S(C)(=O)=O. The Morgan fingerprint density at radius 2 is 2.12 bits per heavy atom. The van der Waals surface area contributed by atoms with Crippen LogP contribution in [0.15, 0.2) is 11.1 Å². The molecule has 0 aliphatic carbocycles. The second kappa shape index (κ2) is 4.56. The summed E-state index contributed by atoms with van der Waals surface area (Å²) < 4.78 is 22.5. The Kier molecular flexibility index (Phi) is 3.58. The molecule has 0 saturated carbocycles. The van der Waals surface area contributed by atoms with Crippen LogP contribution in [0.1, 0.15) is 17.9 Å². The average Bonchev–Trinajstić information content (AvgIpc) is 2.12. The van der Waals surface area contributed by atoms with Crippen LogP contribution in [-0.2, 0) is 21.1 Å². The van der Waals surface area contributed by atoms with E-state index >= 15 is 0 Å². The smallest absolute Gasteiger partial charge is 0.303 e. The molecule has 0 spiro atoms. The van der Waals surface area contributed by atoms with E-state index in [9.17, 15) is 13.2 Å². The van der Waals surface area contributed by atoms with E-state index in [1.165, 1.54) is 6.20 Å². The van der Waals surface area contributed by atoms with E-state index in [1.807, 2.05) is 0 Å². The maximum absolute atomic E-state index is 11.3. The molecule has 0 aliphatic rings. The van der Waals surface area contributed by atoms with Gasteiger partial charge in [0.2, 0.25) is 0 Å². The first-order valence-corrected chi connectivity index (χ1v) is 6.44. The van der Waals surface area contributed by atoms with E-state index in [4.69, 9.17) is 5.11 Å². The fraction of sp³-hybridized carbons (Fsp3) is 0.444. The average molecular weight is 244 g/mol. The van der Waals surface area contributed by atoms with Crippen LogP contribution >= 0.6 is 0 Å². The second-order valence-electron chi connectivity index (χ2n) is 3.40. The molecule has 1 heterocycles. The fourth-order valence-electron chi connectivity index (χ4n) is 1.21. The minimum atomic E-state index is -3.32. The zero-order valence-electron chi connectivity index (χ0n) is 8.97. The molecule has 0 bridgehead atoms. The normalized spacial score (nSPS) is 11.4. The molecule has 6 nitrogen and oxygen atoms in total. The van der Waals surface area contributed by atoms with Crippen LogP contribution in [0.25, 0.3) is 0 Å². The van der Waals surface area contributed by atoms with Gasteiger partial charge in [-0.3, -0.25) is 4.79 Å². The van der Waals surface area contributed by atoms with Crippen molar-refractivity contribution in [3.05, 3.63) is 17.7 Å². The molecular weight excluding hydrogens is 232 g/mol. The molecule has 0 amide bonds. The predicted octanol–water partition coefficient (Wildman–Crippen LogP) is 0.206. The standard InChI is InChI=1S/C9H12N2O4S/c1-6-7(16(2,14)15)5-10-8(11-6)3-4-9(12)13/h5H,3-4H2,1-2H3,(H,12,13). The van der Waals surface area contributed by atoms with Gasteiger partial charge >= 0.3 is 5.97 Å². The Bertz CT molecular complexity index is 510. The molecule has 1 N–H and O–H groups in total. The number of aromatic nitrogens is 2.